The lowest BCUT2D eigenvalue weighted by molar-refractivity contribution is -0.385. The van der Waals surface area contributed by atoms with Crippen LogP contribution >= 0.6 is 0 Å². The third-order valence-corrected chi connectivity index (χ3v) is 3.15. The molecule has 1 amide bonds. The molecule has 2 aromatic carbocycles. The molecule has 0 spiro atoms. The highest BCUT2D eigenvalue weighted by Crippen LogP contribution is 2.27. The van der Waals surface area contributed by atoms with E-state index in [4.69, 9.17) is 9.47 Å². The number of nitro benzene ring substituents is 1. The number of esters is 1. The Morgan fingerprint density at radius 1 is 1.15 bits per heavy atom. The molecule has 0 saturated carbocycles. The van der Waals surface area contributed by atoms with Crippen molar-refractivity contribution in [2.24, 2.45) is 0 Å². The SMILES string of the molecule is COc1ccc(C(=O)OCC(=O)Nc2ccc(F)c(F)c2)cc1[N+](=O)[O-]. The summed E-state index contributed by atoms with van der Waals surface area (Å²) in [6.07, 6.45) is 0. The predicted molar refractivity (Wildman–Crippen MR) is 84.9 cm³/mol. The van der Waals surface area contributed by atoms with Crippen LogP contribution in [0.15, 0.2) is 36.4 Å². The van der Waals surface area contributed by atoms with Gasteiger partial charge in [-0.25, -0.2) is 13.6 Å². The fourth-order valence-corrected chi connectivity index (χ4v) is 1.95. The second-order valence-corrected chi connectivity index (χ2v) is 4.90. The molecule has 0 bridgehead atoms. The Morgan fingerprint density at radius 2 is 1.88 bits per heavy atom. The molecule has 0 atom stereocenters. The quantitative estimate of drug-likeness (QED) is 0.478. The van der Waals surface area contributed by atoms with Crippen LogP contribution in [0.2, 0.25) is 0 Å². The second-order valence-electron chi connectivity index (χ2n) is 4.90. The van der Waals surface area contributed by atoms with E-state index in [9.17, 15) is 28.5 Å². The standard InChI is InChI=1S/C16H12F2N2O6/c1-25-14-5-2-9(6-13(14)20(23)24)16(22)26-8-15(21)19-10-3-4-11(17)12(18)7-10/h2-7H,8H2,1H3,(H,19,21). The molecule has 1 N–H and O–H groups in total. The van der Waals surface area contributed by atoms with Crippen LogP contribution in [0, 0.1) is 21.7 Å². The van der Waals surface area contributed by atoms with Crippen molar-refractivity contribution in [1.82, 2.24) is 0 Å². The van der Waals surface area contributed by atoms with E-state index in [0.717, 1.165) is 24.3 Å². The van der Waals surface area contributed by atoms with Gasteiger partial charge in [-0.2, -0.15) is 0 Å². The Hall–Kier alpha value is -3.56. The minimum absolute atomic E-state index is 0.0231. The summed E-state index contributed by atoms with van der Waals surface area (Å²) in [5, 5.41) is 13.1. The van der Waals surface area contributed by atoms with Gasteiger partial charge in [0, 0.05) is 17.8 Å². The molecule has 0 fully saturated rings. The molecular formula is C16H12F2N2O6. The van der Waals surface area contributed by atoms with Gasteiger partial charge in [0.25, 0.3) is 5.91 Å². The normalized spacial score (nSPS) is 10.1. The average Bonchev–Trinajstić information content (AvgIpc) is 2.62. The molecule has 0 aliphatic rings. The van der Waals surface area contributed by atoms with E-state index >= 15 is 0 Å². The van der Waals surface area contributed by atoms with Gasteiger partial charge in [0.1, 0.15) is 0 Å². The molecule has 26 heavy (non-hydrogen) atoms. The van der Waals surface area contributed by atoms with E-state index < -0.39 is 40.7 Å². The number of hydrogen-bond acceptors (Lipinski definition) is 6. The number of ether oxygens (including phenoxy) is 2. The van der Waals surface area contributed by atoms with E-state index in [-0.39, 0.29) is 17.0 Å². The molecule has 10 heteroatoms. The smallest absolute Gasteiger partial charge is 0.338 e. The molecule has 0 unspecified atom stereocenters. The van der Waals surface area contributed by atoms with Gasteiger partial charge in [-0.3, -0.25) is 14.9 Å². The van der Waals surface area contributed by atoms with Crippen LogP contribution in [0.3, 0.4) is 0 Å². The van der Waals surface area contributed by atoms with Gasteiger partial charge in [0.2, 0.25) is 0 Å². The Labute approximate surface area is 145 Å². The van der Waals surface area contributed by atoms with Crippen molar-refractivity contribution in [1.29, 1.82) is 0 Å². The number of amides is 1. The Bertz CT molecular complexity index is 872. The minimum atomic E-state index is -1.15. The summed E-state index contributed by atoms with van der Waals surface area (Å²) in [7, 11) is 1.24. The molecule has 0 radical (unpaired) electrons. The van der Waals surface area contributed by atoms with Gasteiger partial charge in [-0.15, -0.1) is 0 Å². The second kappa shape index (κ2) is 8.01. The van der Waals surface area contributed by atoms with Crippen LogP contribution in [-0.4, -0.2) is 30.5 Å². The molecule has 136 valence electrons. The van der Waals surface area contributed by atoms with Gasteiger partial charge in [0.05, 0.1) is 17.6 Å². The van der Waals surface area contributed by atoms with Gasteiger partial charge in [-0.1, -0.05) is 0 Å². The first-order chi connectivity index (χ1) is 12.3. The number of rotatable bonds is 6. The summed E-state index contributed by atoms with van der Waals surface area (Å²) in [6.45, 7) is -0.725. The summed E-state index contributed by atoms with van der Waals surface area (Å²) in [5.74, 6) is -4.04. The largest absolute Gasteiger partial charge is 0.490 e. The van der Waals surface area contributed by atoms with Crippen molar-refractivity contribution >= 4 is 23.3 Å². The first kappa shape index (κ1) is 18.8. The Balaban J connectivity index is 1.99. The van der Waals surface area contributed by atoms with Gasteiger partial charge in [0.15, 0.2) is 24.0 Å². The highest BCUT2D eigenvalue weighted by atomic mass is 19.2. The topological polar surface area (TPSA) is 108 Å². The van der Waals surface area contributed by atoms with Gasteiger partial charge in [-0.05, 0) is 24.3 Å². The molecule has 2 aromatic rings. The number of halogens is 2. The van der Waals surface area contributed by atoms with Gasteiger partial charge >= 0.3 is 11.7 Å². The number of carbonyl (C=O) groups is 2. The fraction of sp³-hybridized carbons (Fsp3) is 0.125. The average molecular weight is 366 g/mol. The number of hydrogen-bond donors (Lipinski definition) is 1. The van der Waals surface area contributed by atoms with Crippen molar-refractivity contribution < 1.29 is 32.8 Å². The van der Waals surface area contributed by atoms with Crippen LogP contribution in [0.5, 0.6) is 5.75 Å². The van der Waals surface area contributed by atoms with E-state index in [1.54, 1.807) is 0 Å². The van der Waals surface area contributed by atoms with Crippen LogP contribution < -0.4 is 10.1 Å². The maximum atomic E-state index is 13.1. The summed E-state index contributed by atoms with van der Waals surface area (Å²) >= 11 is 0. The number of nitrogens with one attached hydrogen (secondary N) is 1. The van der Waals surface area contributed by atoms with E-state index in [1.165, 1.54) is 19.2 Å². The predicted octanol–water partition coefficient (Wildman–Crippen LogP) is 2.68. The molecule has 2 rings (SSSR count). The number of benzene rings is 2. The number of methoxy groups -OCH3 is 1. The van der Waals surface area contributed by atoms with E-state index in [2.05, 4.69) is 5.32 Å². The zero-order valence-corrected chi connectivity index (χ0v) is 13.3. The van der Waals surface area contributed by atoms with E-state index in [0.29, 0.717) is 0 Å². The lowest BCUT2D eigenvalue weighted by atomic mass is 10.2. The Kier molecular flexibility index (Phi) is 5.78. The van der Waals surface area contributed by atoms with Crippen molar-refractivity contribution in [2.75, 3.05) is 19.0 Å². The highest BCUT2D eigenvalue weighted by Gasteiger charge is 2.19. The summed E-state index contributed by atoms with van der Waals surface area (Å²) in [5.41, 5.74) is -0.614. The summed E-state index contributed by atoms with van der Waals surface area (Å²) < 4.78 is 35.4. The lowest BCUT2D eigenvalue weighted by Crippen LogP contribution is -2.21. The lowest BCUT2D eigenvalue weighted by Gasteiger charge is -2.08. The maximum Gasteiger partial charge on any atom is 0.338 e. The fourth-order valence-electron chi connectivity index (χ4n) is 1.95. The van der Waals surface area contributed by atoms with Crippen LogP contribution in [0.1, 0.15) is 10.4 Å². The first-order valence-corrected chi connectivity index (χ1v) is 7.06. The van der Waals surface area contributed by atoms with Crippen molar-refractivity contribution in [3.63, 3.8) is 0 Å². The molecule has 0 aromatic heterocycles. The number of carbonyl (C=O) groups excluding carboxylic acids is 2. The molecular weight excluding hydrogens is 354 g/mol. The molecule has 0 heterocycles. The summed E-state index contributed by atoms with van der Waals surface area (Å²) in [4.78, 5) is 33.8. The third-order valence-electron chi connectivity index (χ3n) is 3.15. The molecule has 0 saturated heterocycles. The molecule has 0 aliphatic carbocycles. The van der Waals surface area contributed by atoms with E-state index in [1.807, 2.05) is 0 Å². The first-order valence-electron chi connectivity index (χ1n) is 7.06. The number of anilines is 1. The van der Waals surface area contributed by atoms with Crippen LogP contribution in [0.25, 0.3) is 0 Å². The summed E-state index contributed by atoms with van der Waals surface area (Å²) in [6, 6.07) is 6.13. The monoisotopic (exact) mass is 366 g/mol. The molecule has 0 aliphatic heterocycles. The van der Waals surface area contributed by atoms with Crippen LogP contribution in [0.4, 0.5) is 20.2 Å². The zero-order chi connectivity index (χ0) is 19.3. The third kappa shape index (κ3) is 4.50. The van der Waals surface area contributed by atoms with Crippen molar-refractivity contribution in [3.05, 3.63) is 63.7 Å². The van der Waals surface area contributed by atoms with Crippen molar-refractivity contribution in [3.8, 4) is 5.75 Å². The van der Waals surface area contributed by atoms with Gasteiger partial charge < -0.3 is 14.8 Å². The number of nitro groups is 1. The molecule has 8 nitrogen and oxygen atoms in total. The highest BCUT2D eigenvalue weighted by molar-refractivity contribution is 5.95. The van der Waals surface area contributed by atoms with Crippen molar-refractivity contribution in [2.45, 2.75) is 0 Å². The zero-order valence-electron chi connectivity index (χ0n) is 13.3. The maximum absolute atomic E-state index is 13.1. The Morgan fingerprint density at radius 3 is 2.50 bits per heavy atom. The van der Waals surface area contributed by atoms with Crippen LogP contribution in [-0.2, 0) is 9.53 Å². The minimum Gasteiger partial charge on any atom is -0.490 e. The number of nitrogens with zero attached hydrogens (tertiary/aromatic N) is 1.